The molecule has 4 rings (SSSR count). The van der Waals surface area contributed by atoms with Crippen molar-refractivity contribution in [1.29, 1.82) is 0 Å². The lowest BCUT2D eigenvalue weighted by Gasteiger charge is -2.10. The van der Waals surface area contributed by atoms with Gasteiger partial charge in [0.25, 0.3) is 5.91 Å². The van der Waals surface area contributed by atoms with Gasteiger partial charge in [0.1, 0.15) is 11.6 Å². The molecule has 0 saturated heterocycles. The number of ether oxygens (including phenoxy) is 1. The molecule has 0 atom stereocenters. The Hall–Kier alpha value is -3.25. The van der Waals surface area contributed by atoms with E-state index in [2.05, 4.69) is 10.3 Å². The van der Waals surface area contributed by atoms with Crippen LogP contribution in [0.25, 0.3) is 22.0 Å². The van der Waals surface area contributed by atoms with Crippen molar-refractivity contribution in [1.82, 2.24) is 4.98 Å². The van der Waals surface area contributed by atoms with Gasteiger partial charge in [-0.15, -0.1) is 11.3 Å². The zero-order valence-corrected chi connectivity index (χ0v) is 15.2. The Morgan fingerprint density at radius 2 is 1.85 bits per heavy atom. The molecule has 1 aromatic heterocycles. The highest BCUT2D eigenvalue weighted by Crippen LogP contribution is 2.38. The maximum absolute atomic E-state index is 13.0. The lowest BCUT2D eigenvalue weighted by molar-refractivity contribution is 0.102. The minimum Gasteiger partial charge on any atom is -0.496 e. The summed E-state index contributed by atoms with van der Waals surface area (Å²) in [6.07, 6.45) is 0. The summed E-state index contributed by atoms with van der Waals surface area (Å²) in [5.41, 5.74) is 1.98. The predicted octanol–water partition coefficient (Wildman–Crippen LogP) is 5.36. The number of amides is 1. The van der Waals surface area contributed by atoms with E-state index in [0.29, 0.717) is 10.7 Å². The number of thiazole rings is 1. The molecule has 0 aliphatic rings. The monoisotopic (exact) mass is 378 g/mol. The summed E-state index contributed by atoms with van der Waals surface area (Å²) in [5, 5.41) is 7.21. The van der Waals surface area contributed by atoms with Crippen LogP contribution in [0.15, 0.2) is 66.0 Å². The van der Waals surface area contributed by atoms with Crippen molar-refractivity contribution in [3.8, 4) is 17.0 Å². The number of hydrogen-bond acceptors (Lipinski definition) is 4. The second-order valence-electron chi connectivity index (χ2n) is 5.86. The van der Waals surface area contributed by atoms with Crippen molar-refractivity contribution in [2.45, 2.75) is 0 Å². The summed E-state index contributed by atoms with van der Waals surface area (Å²) in [6.45, 7) is 0. The molecule has 0 radical (unpaired) electrons. The first-order chi connectivity index (χ1) is 13.2. The van der Waals surface area contributed by atoms with Crippen LogP contribution in [0, 0.1) is 5.82 Å². The first-order valence-corrected chi connectivity index (χ1v) is 9.12. The van der Waals surface area contributed by atoms with Crippen LogP contribution in [0.1, 0.15) is 10.4 Å². The third kappa shape index (κ3) is 3.39. The molecular formula is C21H15FN2O2S. The van der Waals surface area contributed by atoms with Crippen molar-refractivity contribution in [2.75, 3.05) is 12.4 Å². The van der Waals surface area contributed by atoms with Crippen LogP contribution in [-0.4, -0.2) is 18.0 Å². The number of anilines is 1. The molecule has 27 heavy (non-hydrogen) atoms. The van der Waals surface area contributed by atoms with Crippen molar-refractivity contribution in [3.63, 3.8) is 0 Å². The highest BCUT2D eigenvalue weighted by molar-refractivity contribution is 7.14. The molecule has 0 saturated carbocycles. The van der Waals surface area contributed by atoms with Gasteiger partial charge >= 0.3 is 0 Å². The molecule has 6 heteroatoms. The van der Waals surface area contributed by atoms with Crippen LogP contribution in [0.5, 0.6) is 5.75 Å². The first kappa shape index (κ1) is 17.2. The number of benzene rings is 3. The van der Waals surface area contributed by atoms with Crippen molar-refractivity contribution in [2.24, 2.45) is 0 Å². The molecular weight excluding hydrogens is 363 g/mol. The van der Waals surface area contributed by atoms with E-state index in [1.165, 1.54) is 35.6 Å². The molecule has 0 spiro atoms. The van der Waals surface area contributed by atoms with Crippen LogP contribution in [0.3, 0.4) is 0 Å². The van der Waals surface area contributed by atoms with E-state index in [1.54, 1.807) is 7.11 Å². The largest absolute Gasteiger partial charge is 0.496 e. The van der Waals surface area contributed by atoms with Crippen molar-refractivity contribution >= 4 is 33.1 Å². The van der Waals surface area contributed by atoms with Gasteiger partial charge in [-0.05, 0) is 41.1 Å². The Morgan fingerprint density at radius 3 is 2.63 bits per heavy atom. The second kappa shape index (κ2) is 7.17. The van der Waals surface area contributed by atoms with E-state index in [9.17, 15) is 9.18 Å². The quantitative estimate of drug-likeness (QED) is 0.520. The van der Waals surface area contributed by atoms with Gasteiger partial charge in [-0.2, -0.15) is 0 Å². The molecule has 0 bridgehead atoms. The molecule has 0 unspecified atom stereocenters. The van der Waals surface area contributed by atoms with Gasteiger partial charge in [0.15, 0.2) is 5.13 Å². The molecule has 4 nitrogen and oxygen atoms in total. The molecule has 134 valence electrons. The normalized spacial score (nSPS) is 10.7. The van der Waals surface area contributed by atoms with E-state index in [0.717, 1.165) is 27.8 Å². The van der Waals surface area contributed by atoms with Gasteiger partial charge in [0, 0.05) is 10.9 Å². The van der Waals surface area contributed by atoms with Gasteiger partial charge in [-0.3, -0.25) is 10.1 Å². The van der Waals surface area contributed by atoms with Gasteiger partial charge in [-0.25, -0.2) is 9.37 Å². The number of rotatable bonds is 4. The Kier molecular flexibility index (Phi) is 4.56. The van der Waals surface area contributed by atoms with Crippen LogP contribution < -0.4 is 10.1 Å². The van der Waals surface area contributed by atoms with Gasteiger partial charge in [0.2, 0.25) is 0 Å². The third-order valence-corrected chi connectivity index (χ3v) is 4.96. The minimum absolute atomic E-state index is 0.333. The fourth-order valence-electron chi connectivity index (χ4n) is 2.90. The van der Waals surface area contributed by atoms with Gasteiger partial charge in [-0.1, -0.05) is 30.3 Å². The molecule has 0 aliphatic carbocycles. The Labute approximate surface area is 159 Å². The maximum atomic E-state index is 13.0. The lowest BCUT2D eigenvalue weighted by atomic mass is 10.0. The lowest BCUT2D eigenvalue weighted by Crippen LogP contribution is -2.11. The van der Waals surface area contributed by atoms with Crippen LogP contribution in [0.4, 0.5) is 9.52 Å². The average molecular weight is 378 g/mol. The molecule has 1 amide bonds. The third-order valence-electron chi connectivity index (χ3n) is 4.20. The second-order valence-corrected chi connectivity index (χ2v) is 6.72. The number of hydrogen-bond donors (Lipinski definition) is 1. The number of fused-ring (bicyclic) bond motifs is 1. The molecule has 1 heterocycles. The van der Waals surface area contributed by atoms with Crippen LogP contribution in [0.2, 0.25) is 0 Å². The number of carbonyl (C=O) groups is 1. The van der Waals surface area contributed by atoms with E-state index >= 15 is 0 Å². The maximum Gasteiger partial charge on any atom is 0.257 e. The molecule has 4 aromatic rings. The standard InChI is InChI=1S/C21H15FN2O2S/c1-26-18-11-8-13-4-2-3-5-16(13)19(18)17-12-27-21(23-17)24-20(25)14-6-9-15(22)10-7-14/h2-12H,1H3,(H,23,24,25). The highest BCUT2D eigenvalue weighted by atomic mass is 32.1. The van der Waals surface area contributed by atoms with Gasteiger partial charge in [0.05, 0.1) is 18.4 Å². The van der Waals surface area contributed by atoms with E-state index in [-0.39, 0.29) is 11.7 Å². The summed E-state index contributed by atoms with van der Waals surface area (Å²) in [6, 6.07) is 17.3. The number of methoxy groups -OCH3 is 1. The number of aromatic nitrogens is 1. The van der Waals surface area contributed by atoms with Crippen molar-refractivity contribution < 1.29 is 13.9 Å². The Bertz CT molecular complexity index is 1120. The van der Waals surface area contributed by atoms with E-state index < -0.39 is 0 Å². The fraction of sp³-hybridized carbons (Fsp3) is 0.0476. The van der Waals surface area contributed by atoms with Gasteiger partial charge < -0.3 is 4.74 Å². The predicted molar refractivity (Wildman–Crippen MR) is 106 cm³/mol. The Balaban J connectivity index is 1.68. The zero-order valence-electron chi connectivity index (χ0n) is 14.4. The molecule has 1 N–H and O–H groups in total. The smallest absolute Gasteiger partial charge is 0.257 e. The summed E-state index contributed by atoms with van der Waals surface area (Å²) in [5.74, 6) is 0.00216. The summed E-state index contributed by atoms with van der Waals surface area (Å²) in [7, 11) is 1.62. The SMILES string of the molecule is COc1ccc2ccccc2c1-c1csc(NC(=O)c2ccc(F)cc2)n1. The fourth-order valence-corrected chi connectivity index (χ4v) is 3.60. The number of nitrogens with one attached hydrogen (secondary N) is 1. The average Bonchev–Trinajstić information content (AvgIpc) is 3.15. The molecule has 3 aromatic carbocycles. The number of halogens is 1. The highest BCUT2D eigenvalue weighted by Gasteiger charge is 2.15. The van der Waals surface area contributed by atoms with E-state index in [1.807, 2.05) is 41.8 Å². The first-order valence-electron chi connectivity index (χ1n) is 8.24. The Morgan fingerprint density at radius 1 is 1.07 bits per heavy atom. The number of carbonyl (C=O) groups excluding carboxylic acids is 1. The topological polar surface area (TPSA) is 51.2 Å². The minimum atomic E-state index is -0.383. The van der Waals surface area contributed by atoms with Crippen molar-refractivity contribution in [3.05, 3.63) is 77.4 Å². The zero-order chi connectivity index (χ0) is 18.8. The van der Waals surface area contributed by atoms with E-state index in [4.69, 9.17) is 4.74 Å². The van der Waals surface area contributed by atoms with Crippen LogP contribution >= 0.6 is 11.3 Å². The summed E-state index contributed by atoms with van der Waals surface area (Å²) < 4.78 is 18.5. The molecule has 0 aliphatic heterocycles. The molecule has 0 fully saturated rings. The summed E-state index contributed by atoms with van der Waals surface area (Å²) in [4.78, 5) is 16.9. The summed E-state index contributed by atoms with van der Waals surface area (Å²) >= 11 is 1.33. The number of nitrogens with zero attached hydrogens (tertiary/aromatic N) is 1. The van der Waals surface area contributed by atoms with Crippen LogP contribution in [-0.2, 0) is 0 Å².